The van der Waals surface area contributed by atoms with E-state index in [1.807, 2.05) is 39.0 Å². The van der Waals surface area contributed by atoms with Crippen molar-refractivity contribution in [2.75, 3.05) is 0 Å². The van der Waals surface area contributed by atoms with Gasteiger partial charge in [-0.05, 0) is 45.7 Å². The number of amides is 1. The largest absolute Gasteiger partial charge is 0.347 e. The third-order valence-corrected chi connectivity index (χ3v) is 3.61. The number of hydrogen-bond acceptors (Lipinski definition) is 3. The number of hydrogen-bond donors (Lipinski definition) is 2. The van der Waals surface area contributed by atoms with Crippen LogP contribution in [-0.2, 0) is 6.54 Å². The van der Waals surface area contributed by atoms with E-state index in [4.69, 9.17) is 5.73 Å². The lowest BCUT2D eigenvalue weighted by Crippen LogP contribution is -2.40. The van der Waals surface area contributed by atoms with Crippen molar-refractivity contribution in [3.63, 3.8) is 0 Å². The monoisotopic (exact) mass is 286 g/mol. The van der Waals surface area contributed by atoms with Crippen LogP contribution in [0.4, 0.5) is 0 Å². The number of aromatic nitrogens is 2. The summed E-state index contributed by atoms with van der Waals surface area (Å²) in [4.78, 5) is 17.2. The summed E-state index contributed by atoms with van der Waals surface area (Å²) in [5.41, 5.74) is 8.01. The van der Waals surface area contributed by atoms with Crippen LogP contribution in [0.25, 0.3) is 11.0 Å². The van der Waals surface area contributed by atoms with Crippen molar-refractivity contribution in [2.24, 2.45) is 5.73 Å². The maximum atomic E-state index is 12.6. The number of benzene rings is 1. The molecular formula is C16H22N4O. The van der Waals surface area contributed by atoms with Gasteiger partial charge in [0.15, 0.2) is 0 Å². The fourth-order valence-electron chi connectivity index (χ4n) is 2.66. The van der Waals surface area contributed by atoms with E-state index in [0.717, 1.165) is 29.7 Å². The number of nitrogens with zero attached hydrogens (tertiary/aromatic N) is 2. The van der Waals surface area contributed by atoms with E-state index in [9.17, 15) is 4.79 Å². The van der Waals surface area contributed by atoms with Gasteiger partial charge >= 0.3 is 0 Å². The molecule has 0 spiro atoms. The number of carbonyl (C=O) groups excluding carboxylic acids is 1. The zero-order valence-corrected chi connectivity index (χ0v) is 12.8. The van der Waals surface area contributed by atoms with Crippen molar-refractivity contribution in [3.05, 3.63) is 29.6 Å². The Morgan fingerprint density at radius 3 is 2.71 bits per heavy atom. The van der Waals surface area contributed by atoms with E-state index in [1.54, 1.807) is 0 Å². The predicted octanol–water partition coefficient (Wildman–Crippen LogP) is 2.36. The van der Waals surface area contributed by atoms with Crippen molar-refractivity contribution in [1.82, 2.24) is 14.9 Å². The van der Waals surface area contributed by atoms with Gasteiger partial charge in [-0.3, -0.25) is 4.79 Å². The Morgan fingerprint density at radius 2 is 2.14 bits per heavy atom. The Morgan fingerprint density at radius 1 is 1.43 bits per heavy atom. The van der Waals surface area contributed by atoms with Crippen molar-refractivity contribution < 1.29 is 4.79 Å². The molecule has 1 fully saturated rings. The Balaban J connectivity index is 2.14. The van der Waals surface area contributed by atoms with E-state index in [1.165, 1.54) is 0 Å². The first-order chi connectivity index (χ1) is 9.90. The minimum absolute atomic E-state index is 0.0570. The van der Waals surface area contributed by atoms with E-state index in [-0.39, 0.29) is 11.4 Å². The van der Waals surface area contributed by atoms with Crippen LogP contribution >= 0.6 is 0 Å². The molecule has 1 aromatic heterocycles. The Labute approximate surface area is 124 Å². The van der Waals surface area contributed by atoms with Crippen LogP contribution in [0.1, 0.15) is 55.8 Å². The Bertz CT molecular complexity index is 692. The van der Waals surface area contributed by atoms with Crippen LogP contribution in [0.15, 0.2) is 18.2 Å². The molecule has 0 saturated heterocycles. The molecule has 1 aliphatic rings. The molecule has 5 nitrogen and oxygen atoms in total. The van der Waals surface area contributed by atoms with Crippen LogP contribution in [0.2, 0.25) is 0 Å². The van der Waals surface area contributed by atoms with Crippen LogP contribution in [0, 0.1) is 0 Å². The molecule has 1 saturated carbocycles. The van der Waals surface area contributed by atoms with Gasteiger partial charge < -0.3 is 15.6 Å². The van der Waals surface area contributed by atoms with Crippen LogP contribution < -0.4 is 11.1 Å². The standard InChI is InChI=1S/C16H22N4O/c1-16(2,3)19-15(21)11-5-4-6-12-14(11)20(10-7-8-10)13(9-17)18-12/h4-6,10H,7-9,17H2,1-3H3,(H,19,21). The van der Waals surface area contributed by atoms with Gasteiger partial charge in [-0.25, -0.2) is 4.98 Å². The summed E-state index contributed by atoms with van der Waals surface area (Å²) in [5, 5.41) is 3.03. The molecule has 1 heterocycles. The highest BCUT2D eigenvalue weighted by Crippen LogP contribution is 2.39. The topological polar surface area (TPSA) is 72.9 Å². The van der Waals surface area contributed by atoms with Gasteiger partial charge in [0.1, 0.15) is 5.82 Å². The summed E-state index contributed by atoms with van der Waals surface area (Å²) >= 11 is 0. The van der Waals surface area contributed by atoms with Gasteiger partial charge in [0.05, 0.1) is 23.1 Å². The first-order valence-corrected chi connectivity index (χ1v) is 7.43. The summed E-state index contributed by atoms with van der Waals surface area (Å²) < 4.78 is 2.16. The smallest absolute Gasteiger partial charge is 0.253 e. The zero-order valence-electron chi connectivity index (χ0n) is 12.8. The highest BCUT2D eigenvalue weighted by molar-refractivity contribution is 6.05. The molecular weight excluding hydrogens is 264 g/mol. The molecule has 0 radical (unpaired) electrons. The SMILES string of the molecule is CC(C)(C)NC(=O)c1cccc2nc(CN)n(C3CC3)c12. The van der Waals surface area contributed by atoms with Crippen molar-refractivity contribution in [2.45, 2.75) is 51.7 Å². The lowest BCUT2D eigenvalue weighted by atomic mass is 10.1. The average Bonchev–Trinajstić information content (AvgIpc) is 3.16. The summed E-state index contributed by atoms with van der Waals surface area (Å²) in [7, 11) is 0. The normalized spacial score (nSPS) is 15.4. The molecule has 3 rings (SSSR count). The molecule has 1 aliphatic carbocycles. The van der Waals surface area contributed by atoms with E-state index >= 15 is 0 Å². The highest BCUT2D eigenvalue weighted by Gasteiger charge is 2.30. The van der Waals surface area contributed by atoms with Crippen molar-refractivity contribution in [3.8, 4) is 0 Å². The third kappa shape index (κ3) is 2.65. The number of nitrogens with two attached hydrogens (primary N) is 1. The van der Waals surface area contributed by atoms with Gasteiger partial charge in [0, 0.05) is 11.6 Å². The van der Waals surface area contributed by atoms with Gasteiger partial charge in [0.25, 0.3) is 5.91 Å². The molecule has 112 valence electrons. The maximum Gasteiger partial charge on any atom is 0.253 e. The van der Waals surface area contributed by atoms with Crippen LogP contribution in [-0.4, -0.2) is 21.0 Å². The number of nitrogens with one attached hydrogen (secondary N) is 1. The second kappa shape index (κ2) is 4.84. The second-order valence-electron chi connectivity index (χ2n) is 6.71. The van der Waals surface area contributed by atoms with E-state index in [0.29, 0.717) is 18.2 Å². The molecule has 0 unspecified atom stereocenters. The molecule has 5 heteroatoms. The van der Waals surface area contributed by atoms with Gasteiger partial charge in [0.2, 0.25) is 0 Å². The number of imidazole rings is 1. The number of carbonyl (C=O) groups is 1. The molecule has 1 aromatic carbocycles. The summed E-state index contributed by atoms with van der Waals surface area (Å²) in [5.74, 6) is 0.807. The number of rotatable bonds is 3. The van der Waals surface area contributed by atoms with Gasteiger partial charge in [-0.2, -0.15) is 0 Å². The van der Waals surface area contributed by atoms with Crippen LogP contribution in [0.5, 0.6) is 0 Å². The number of fused-ring (bicyclic) bond motifs is 1. The molecule has 3 N–H and O–H groups in total. The second-order valence-corrected chi connectivity index (χ2v) is 6.71. The lowest BCUT2D eigenvalue weighted by Gasteiger charge is -2.21. The predicted molar refractivity (Wildman–Crippen MR) is 83.1 cm³/mol. The number of para-hydroxylation sites is 1. The minimum Gasteiger partial charge on any atom is -0.347 e. The van der Waals surface area contributed by atoms with Gasteiger partial charge in [-0.15, -0.1) is 0 Å². The van der Waals surface area contributed by atoms with Crippen LogP contribution in [0.3, 0.4) is 0 Å². The van der Waals surface area contributed by atoms with E-state index in [2.05, 4.69) is 14.9 Å². The Kier molecular flexibility index (Phi) is 3.24. The summed E-state index contributed by atoms with van der Waals surface area (Å²) in [6.07, 6.45) is 2.27. The molecule has 21 heavy (non-hydrogen) atoms. The minimum atomic E-state index is -0.264. The Hall–Kier alpha value is -1.88. The first-order valence-electron chi connectivity index (χ1n) is 7.43. The van der Waals surface area contributed by atoms with E-state index < -0.39 is 0 Å². The zero-order chi connectivity index (χ0) is 15.2. The van der Waals surface area contributed by atoms with Crippen molar-refractivity contribution in [1.29, 1.82) is 0 Å². The molecule has 0 atom stereocenters. The fourth-order valence-corrected chi connectivity index (χ4v) is 2.66. The van der Waals surface area contributed by atoms with Crippen molar-refractivity contribution >= 4 is 16.9 Å². The molecule has 2 aromatic rings. The molecule has 0 aliphatic heterocycles. The summed E-state index contributed by atoms with van der Waals surface area (Å²) in [6, 6.07) is 6.13. The lowest BCUT2D eigenvalue weighted by molar-refractivity contribution is 0.0921. The summed E-state index contributed by atoms with van der Waals surface area (Å²) in [6.45, 7) is 6.34. The van der Waals surface area contributed by atoms with Gasteiger partial charge in [-0.1, -0.05) is 6.07 Å². The quantitative estimate of drug-likeness (QED) is 0.909. The highest BCUT2D eigenvalue weighted by atomic mass is 16.1. The third-order valence-electron chi connectivity index (χ3n) is 3.61. The molecule has 0 bridgehead atoms. The molecule has 1 amide bonds. The maximum absolute atomic E-state index is 12.6. The fraction of sp³-hybridized carbons (Fsp3) is 0.500. The average molecular weight is 286 g/mol. The first kappa shape index (κ1) is 14.1.